The number of hydrogen-bond acceptors (Lipinski definition) is 3. The van der Waals surface area contributed by atoms with E-state index in [1.54, 1.807) is 14.2 Å². The van der Waals surface area contributed by atoms with Crippen molar-refractivity contribution in [1.82, 2.24) is 5.32 Å². The summed E-state index contributed by atoms with van der Waals surface area (Å²) in [5.74, 6) is 3.01. The summed E-state index contributed by atoms with van der Waals surface area (Å²) in [5.41, 5.74) is 1.26. The number of ether oxygens (including phenoxy) is 2. The van der Waals surface area contributed by atoms with Crippen LogP contribution in [0.15, 0.2) is 18.2 Å². The van der Waals surface area contributed by atoms with Gasteiger partial charge in [-0.25, -0.2) is 0 Å². The lowest BCUT2D eigenvalue weighted by Crippen LogP contribution is -2.26. The molecule has 3 heteroatoms. The van der Waals surface area contributed by atoms with E-state index in [9.17, 15) is 0 Å². The molecule has 19 heavy (non-hydrogen) atoms. The summed E-state index contributed by atoms with van der Waals surface area (Å²) in [6, 6.07) is 6.08. The maximum Gasteiger partial charge on any atom is 0.122 e. The van der Waals surface area contributed by atoms with Crippen molar-refractivity contribution in [3.63, 3.8) is 0 Å². The Balaban J connectivity index is 2.55. The Kier molecular flexibility index (Phi) is 6.71. The highest BCUT2D eigenvalue weighted by atomic mass is 16.5. The van der Waals surface area contributed by atoms with Crippen molar-refractivity contribution < 1.29 is 9.47 Å². The molecule has 0 fully saturated rings. The fourth-order valence-corrected chi connectivity index (χ4v) is 2.08. The van der Waals surface area contributed by atoms with Crippen molar-refractivity contribution in [2.75, 3.05) is 27.3 Å². The van der Waals surface area contributed by atoms with Gasteiger partial charge in [0, 0.05) is 6.07 Å². The number of hydrogen-bond donors (Lipinski definition) is 1. The van der Waals surface area contributed by atoms with Crippen LogP contribution in [0.2, 0.25) is 0 Å². The first-order valence-corrected chi connectivity index (χ1v) is 6.97. The van der Waals surface area contributed by atoms with Crippen LogP contribution in [0.5, 0.6) is 11.5 Å². The molecule has 1 atom stereocenters. The first kappa shape index (κ1) is 15.8. The van der Waals surface area contributed by atoms with E-state index in [2.05, 4.69) is 38.2 Å². The Bertz CT molecular complexity index is 355. The quantitative estimate of drug-likeness (QED) is 0.783. The number of methoxy groups -OCH3 is 2. The van der Waals surface area contributed by atoms with Gasteiger partial charge >= 0.3 is 0 Å². The van der Waals surface area contributed by atoms with Crippen molar-refractivity contribution in [2.45, 2.75) is 27.2 Å². The molecule has 0 bridgehead atoms. The molecule has 0 aliphatic carbocycles. The molecule has 0 aliphatic heterocycles. The first-order valence-electron chi connectivity index (χ1n) is 6.97. The van der Waals surface area contributed by atoms with Crippen LogP contribution in [0.3, 0.4) is 0 Å². The topological polar surface area (TPSA) is 30.5 Å². The van der Waals surface area contributed by atoms with E-state index in [0.717, 1.165) is 31.0 Å². The summed E-state index contributed by atoms with van der Waals surface area (Å²) in [6.45, 7) is 8.83. The van der Waals surface area contributed by atoms with Gasteiger partial charge in [0.1, 0.15) is 11.5 Å². The van der Waals surface area contributed by atoms with Gasteiger partial charge in [0.05, 0.1) is 14.2 Å². The zero-order valence-corrected chi connectivity index (χ0v) is 12.8. The molecular weight excluding hydrogens is 238 g/mol. The molecule has 108 valence electrons. The monoisotopic (exact) mass is 265 g/mol. The van der Waals surface area contributed by atoms with E-state index < -0.39 is 0 Å². The normalized spacial score (nSPS) is 12.5. The fourth-order valence-electron chi connectivity index (χ4n) is 2.08. The van der Waals surface area contributed by atoms with E-state index in [-0.39, 0.29) is 0 Å². The first-order chi connectivity index (χ1) is 9.05. The number of rotatable bonds is 8. The Morgan fingerprint density at radius 1 is 0.947 bits per heavy atom. The summed E-state index contributed by atoms with van der Waals surface area (Å²) in [7, 11) is 3.37. The van der Waals surface area contributed by atoms with Crippen molar-refractivity contribution in [3.8, 4) is 11.5 Å². The molecule has 1 rings (SSSR count). The van der Waals surface area contributed by atoms with Crippen LogP contribution >= 0.6 is 0 Å². The minimum atomic E-state index is 0.593. The van der Waals surface area contributed by atoms with Crippen LogP contribution in [0.25, 0.3) is 0 Å². The van der Waals surface area contributed by atoms with Gasteiger partial charge in [0.2, 0.25) is 0 Å². The molecule has 0 saturated carbocycles. The van der Waals surface area contributed by atoms with Gasteiger partial charge < -0.3 is 14.8 Å². The summed E-state index contributed by atoms with van der Waals surface area (Å²) in [4.78, 5) is 0. The van der Waals surface area contributed by atoms with Crippen molar-refractivity contribution in [2.24, 2.45) is 11.8 Å². The van der Waals surface area contributed by atoms with Crippen LogP contribution in [0, 0.1) is 11.8 Å². The lowest BCUT2D eigenvalue weighted by atomic mass is 10.0. The Morgan fingerprint density at radius 2 is 1.53 bits per heavy atom. The van der Waals surface area contributed by atoms with Crippen LogP contribution in [0.1, 0.15) is 26.3 Å². The zero-order chi connectivity index (χ0) is 14.3. The van der Waals surface area contributed by atoms with Crippen molar-refractivity contribution in [1.29, 1.82) is 0 Å². The molecule has 3 nitrogen and oxygen atoms in total. The molecule has 1 N–H and O–H groups in total. The lowest BCUT2D eigenvalue weighted by molar-refractivity contribution is 0.392. The Hall–Kier alpha value is -1.22. The van der Waals surface area contributed by atoms with E-state index in [4.69, 9.17) is 9.47 Å². The van der Waals surface area contributed by atoms with Crippen LogP contribution in [0.4, 0.5) is 0 Å². The summed E-state index contributed by atoms with van der Waals surface area (Å²) in [6.07, 6.45) is 1.03. The van der Waals surface area contributed by atoms with Gasteiger partial charge in [-0.05, 0) is 49.0 Å². The maximum atomic E-state index is 5.30. The SMILES string of the molecule is COc1cc(CC(C)CNCC(C)C)cc(OC)c1. The minimum absolute atomic E-state index is 0.593. The average molecular weight is 265 g/mol. The van der Waals surface area contributed by atoms with Gasteiger partial charge in [-0.2, -0.15) is 0 Å². The molecule has 0 aromatic heterocycles. The Labute approximate surface area is 117 Å². The third kappa shape index (κ3) is 5.97. The molecular formula is C16H27NO2. The summed E-state index contributed by atoms with van der Waals surface area (Å²) < 4.78 is 10.6. The molecule has 0 aliphatic rings. The average Bonchev–Trinajstić information content (AvgIpc) is 2.37. The second-order valence-electron chi connectivity index (χ2n) is 5.58. The van der Waals surface area contributed by atoms with E-state index in [1.165, 1.54) is 5.56 Å². The lowest BCUT2D eigenvalue weighted by Gasteiger charge is -2.15. The third-order valence-electron chi connectivity index (χ3n) is 3.04. The second-order valence-corrected chi connectivity index (χ2v) is 5.58. The molecule has 0 saturated heterocycles. The molecule has 0 radical (unpaired) electrons. The van der Waals surface area contributed by atoms with E-state index in [0.29, 0.717) is 11.8 Å². The van der Waals surface area contributed by atoms with Crippen molar-refractivity contribution in [3.05, 3.63) is 23.8 Å². The number of nitrogens with one attached hydrogen (secondary N) is 1. The predicted octanol–water partition coefficient (Wildman–Crippen LogP) is 3.13. The fraction of sp³-hybridized carbons (Fsp3) is 0.625. The number of benzene rings is 1. The second kappa shape index (κ2) is 8.05. The summed E-state index contributed by atoms with van der Waals surface area (Å²) >= 11 is 0. The highest BCUT2D eigenvalue weighted by Crippen LogP contribution is 2.24. The largest absolute Gasteiger partial charge is 0.497 e. The van der Waals surface area contributed by atoms with Crippen LogP contribution in [-0.2, 0) is 6.42 Å². The van der Waals surface area contributed by atoms with Gasteiger partial charge in [-0.15, -0.1) is 0 Å². The highest BCUT2D eigenvalue weighted by Gasteiger charge is 2.07. The zero-order valence-electron chi connectivity index (χ0n) is 12.8. The molecule has 0 spiro atoms. The van der Waals surface area contributed by atoms with E-state index >= 15 is 0 Å². The molecule has 1 aromatic carbocycles. The van der Waals surface area contributed by atoms with E-state index in [1.807, 2.05) is 6.07 Å². The maximum absolute atomic E-state index is 5.30. The Morgan fingerprint density at radius 3 is 2.00 bits per heavy atom. The van der Waals surface area contributed by atoms with Gasteiger partial charge in [0.15, 0.2) is 0 Å². The molecule has 0 heterocycles. The minimum Gasteiger partial charge on any atom is -0.497 e. The third-order valence-corrected chi connectivity index (χ3v) is 3.04. The molecule has 0 amide bonds. The highest BCUT2D eigenvalue weighted by molar-refractivity contribution is 5.38. The standard InChI is InChI=1S/C16H27NO2/c1-12(2)10-17-11-13(3)6-14-7-15(18-4)9-16(8-14)19-5/h7-9,12-13,17H,6,10-11H2,1-5H3. The molecule has 1 aromatic rings. The van der Waals surface area contributed by atoms with Gasteiger partial charge in [-0.1, -0.05) is 20.8 Å². The van der Waals surface area contributed by atoms with Crippen LogP contribution in [-0.4, -0.2) is 27.3 Å². The smallest absolute Gasteiger partial charge is 0.122 e. The van der Waals surface area contributed by atoms with Crippen LogP contribution < -0.4 is 14.8 Å². The molecule has 1 unspecified atom stereocenters. The van der Waals surface area contributed by atoms with Gasteiger partial charge in [-0.3, -0.25) is 0 Å². The summed E-state index contributed by atoms with van der Waals surface area (Å²) in [5, 5.41) is 3.50. The van der Waals surface area contributed by atoms with Gasteiger partial charge in [0.25, 0.3) is 0 Å². The predicted molar refractivity (Wildman–Crippen MR) is 80.1 cm³/mol. The van der Waals surface area contributed by atoms with Crippen molar-refractivity contribution >= 4 is 0 Å².